The lowest BCUT2D eigenvalue weighted by Crippen LogP contribution is -2.01. The molecule has 0 atom stereocenters. The fraction of sp³-hybridized carbons (Fsp3) is 0.267. The molecule has 19 heavy (non-hydrogen) atoms. The third-order valence-corrected chi connectivity index (χ3v) is 2.70. The first-order valence-corrected chi connectivity index (χ1v) is 6.08. The summed E-state index contributed by atoms with van der Waals surface area (Å²) in [5.41, 5.74) is 1.39. The molecular formula is C15H16O4. The van der Waals surface area contributed by atoms with Crippen molar-refractivity contribution in [1.82, 2.24) is 0 Å². The molecule has 1 N–H and O–H groups in total. The number of aryl methyl sites for hydroxylation is 1. The molecule has 1 aromatic heterocycles. The van der Waals surface area contributed by atoms with Gasteiger partial charge in [-0.05, 0) is 30.7 Å². The summed E-state index contributed by atoms with van der Waals surface area (Å²) in [7, 11) is 0. The van der Waals surface area contributed by atoms with Crippen LogP contribution >= 0.6 is 0 Å². The predicted molar refractivity (Wildman–Crippen MR) is 72.9 cm³/mol. The first kappa shape index (κ1) is 13.2. The average Bonchev–Trinajstić information content (AvgIpc) is 2.77. The topological polar surface area (TPSA) is 59.7 Å². The van der Waals surface area contributed by atoms with Crippen molar-refractivity contribution in [3.05, 3.63) is 41.7 Å². The number of rotatable bonds is 5. The molecule has 1 heterocycles. The molecule has 0 unspecified atom stereocenters. The molecule has 0 saturated heterocycles. The van der Waals surface area contributed by atoms with Crippen molar-refractivity contribution in [2.75, 3.05) is 6.61 Å². The minimum absolute atomic E-state index is 0.119. The Kier molecular flexibility index (Phi) is 3.60. The molecule has 0 aliphatic carbocycles. The van der Waals surface area contributed by atoms with Gasteiger partial charge in [0.25, 0.3) is 0 Å². The number of hydrogen-bond acceptors (Lipinski definition) is 3. The van der Waals surface area contributed by atoms with Gasteiger partial charge >= 0.3 is 5.97 Å². The summed E-state index contributed by atoms with van der Waals surface area (Å²) in [4.78, 5) is 11.3. The molecular weight excluding hydrogens is 244 g/mol. The number of carboxylic acids is 1. The molecule has 100 valence electrons. The number of fused-ring (bicyclic) bond motifs is 1. The van der Waals surface area contributed by atoms with Crippen LogP contribution in [0.25, 0.3) is 11.0 Å². The Hall–Kier alpha value is -2.23. The second-order valence-electron chi connectivity index (χ2n) is 4.51. The highest BCUT2D eigenvalue weighted by molar-refractivity contribution is 6.02. The van der Waals surface area contributed by atoms with Gasteiger partial charge in [-0.25, -0.2) is 4.79 Å². The number of hydrogen-bond donors (Lipinski definition) is 1. The van der Waals surface area contributed by atoms with Crippen molar-refractivity contribution >= 4 is 16.9 Å². The van der Waals surface area contributed by atoms with E-state index in [1.807, 2.05) is 19.9 Å². The Labute approximate surface area is 111 Å². The first-order valence-electron chi connectivity index (χ1n) is 6.08. The van der Waals surface area contributed by atoms with E-state index in [2.05, 4.69) is 6.58 Å². The maximum absolute atomic E-state index is 11.3. The molecule has 0 fully saturated rings. The summed E-state index contributed by atoms with van der Waals surface area (Å²) in [6.07, 6.45) is 0.718. The molecule has 0 saturated carbocycles. The van der Waals surface area contributed by atoms with Crippen LogP contribution in [0.3, 0.4) is 0 Å². The smallest absolute Gasteiger partial charge is 0.339 e. The maximum atomic E-state index is 11.3. The molecule has 4 heteroatoms. The van der Waals surface area contributed by atoms with Crippen molar-refractivity contribution in [1.29, 1.82) is 0 Å². The summed E-state index contributed by atoms with van der Waals surface area (Å²) in [6.45, 7) is 7.92. The summed E-state index contributed by atoms with van der Waals surface area (Å²) in [5.74, 6) is 0.244. The van der Waals surface area contributed by atoms with E-state index in [0.717, 1.165) is 23.1 Å². The van der Waals surface area contributed by atoms with E-state index in [9.17, 15) is 9.90 Å². The summed E-state index contributed by atoms with van der Waals surface area (Å²) >= 11 is 0. The van der Waals surface area contributed by atoms with Crippen LogP contribution in [0.15, 0.2) is 34.8 Å². The van der Waals surface area contributed by atoms with Gasteiger partial charge in [0.1, 0.15) is 29.3 Å². The zero-order chi connectivity index (χ0) is 14.0. The number of benzene rings is 1. The van der Waals surface area contributed by atoms with Crippen LogP contribution in [-0.4, -0.2) is 17.7 Å². The number of aromatic carboxylic acids is 1. The lowest BCUT2D eigenvalue weighted by atomic mass is 10.1. The fourth-order valence-electron chi connectivity index (χ4n) is 1.80. The highest BCUT2D eigenvalue weighted by atomic mass is 16.5. The van der Waals surface area contributed by atoms with Crippen molar-refractivity contribution < 1.29 is 19.1 Å². The monoisotopic (exact) mass is 260 g/mol. The minimum Gasteiger partial charge on any atom is -0.489 e. The van der Waals surface area contributed by atoms with E-state index in [1.165, 1.54) is 6.07 Å². The molecule has 0 spiro atoms. The second kappa shape index (κ2) is 5.18. The van der Waals surface area contributed by atoms with Gasteiger partial charge < -0.3 is 14.3 Å². The lowest BCUT2D eigenvalue weighted by molar-refractivity contribution is 0.0697. The van der Waals surface area contributed by atoms with Crippen LogP contribution in [0, 0.1) is 0 Å². The molecule has 2 rings (SSSR count). The minimum atomic E-state index is -1.03. The van der Waals surface area contributed by atoms with Gasteiger partial charge in [0.15, 0.2) is 0 Å². The van der Waals surface area contributed by atoms with Crippen LogP contribution in [0.2, 0.25) is 0 Å². The Morgan fingerprint density at radius 1 is 1.42 bits per heavy atom. The Bertz CT molecular complexity index is 637. The summed E-state index contributed by atoms with van der Waals surface area (Å²) < 4.78 is 11.0. The quantitative estimate of drug-likeness (QED) is 0.833. The molecule has 0 aliphatic rings. The Morgan fingerprint density at radius 3 is 2.74 bits per heavy atom. The zero-order valence-electron chi connectivity index (χ0n) is 11.0. The van der Waals surface area contributed by atoms with E-state index in [4.69, 9.17) is 9.15 Å². The van der Waals surface area contributed by atoms with E-state index < -0.39 is 5.97 Å². The molecule has 4 nitrogen and oxygen atoms in total. The van der Waals surface area contributed by atoms with Crippen LogP contribution in [0.5, 0.6) is 5.75 Å². The van der Waals surface area contributed by atoms with Crippen LogP contribution < -0.4 is 4.74 Å². The summed E-state index contributed by atoms with van der Waals surface area (Å²) in [5, 5.41) is 9.98. The van der Waals surface area contributed by atoms with Gasteiger partial charge in [-0.2, -0.15) is 0 Å². The SMILES string of the molecule is C=C(C)COc1cc(C(=O)O)c2oc(CC)cc2c1. The normalized spacial score (nSPS) is 10.6. The largest absolute Gasteiger partial charge is 0.489 e. The van der Waals surface area contributed by atoms with Crippen LogP contribution in [-0.2, 0) is 6.42 Å². The van der Waals surface area contributed by atoms with E-state index >= 15 is 0 Å². The predicted octanol–water partition coefficient (Wildman–Crippen LogP) is 3.65. The zero-order valence-corrected chi connectivity index (χ0v) is 11.0. The fourth-order valence-corrected chi connectivity index (χ4v) is 1.80. The molecule has 2 aromatic rings. The van der Waals surface area contributed by atoms with Crippen molar-refractivity contribution in [3.8, 4) is 5.75 Å². The van der Waals surface area contributed by atoms with Crippen LogP contribution in [0.1, 0.15) is 30.0 Å². The van der Waals surface area contributed by atoms with Crippen molar-refractivity contribution in [2.45, 2.75) is 20.3 Å². The number of furan rings is 1. The highest BCUT2D eigenvalue weighted by Crippen LogP contribution is 2.29. The molecule has 1 aromatic carbocycles. The van der Waals surface area contributed by atoms with Gasteiger partial charge in [0.05, 0.1) is 0 Å². The van der Waals surface area contributed by atoms with E-state index in [-0.39, 0.29) is 5.56 Å². The highest BCUT2D eigenvalue weighted by Gasteiger charge is 2.15. The maximum Gasteiger partial charge on any atom is 0.339 e. The number of ether oxygens (including phenoxy) is 1. The number of carboxylic acid groups (broad SMARTS) is 1. The Morgan fingerprint density at radius 2 is 2.16 bits per heavy atom. The van der Waals surface area contributed by atoms with Crippen molar-refractivity contribution in [3.63, 3.8) is 0 Å². The first-order chi connectivity index (χ1) is 9.01. The molecule has 0 bridgehead atoms. The molecule has 0 amide bonds. The molecule has 0 radical (unpaired) electrons. The van der Waals surface area contributed by atoms with Gasteiger partial charge in [-0.3, -0.25) is 0 Å². The van der Waals surface area contributed by atoms with Gasteiger partial charge in [-0.1, -0.05) is 13.5 Å². The van der Waals surface area contributed by atoms with E-state index in [1.54, 1.807) is 6.07 Å². The third-order valence-electron chi connectivity index (χ3n) is 2.70. The average molecular weight is 260 g/mol. The lowest BCUT2D eigenvalue weighted by Gasteiger charge is -2.07. The van der Waals surface area contributed by atoms with Crippen LogP contribution in [0.4, 0.5) is 0 Å². The molecule has 0 aliphatic heterocycles. The second-order valence-corrected chi connectivity index (χ2v) is 4.51. The van der Waals surface area contributed by atoms with Crippen molar-refractivity contribution in [2.24, 2.45) is 0 Å². The third kappa shape index (κ3) is 2.78. The summed E-state index contributed by atoms with van der Waals surface area (Å²) in [6, 6.07) is 5.11. The van der Waals surface area contributed by atoms with Gasteiger partial charge in [-0.15, -0.1) is 0 Å². The van der Waals surface area contributed by atoms with E-state index in [0.29, 0.717) is 17.9 Å². The number of carbonyl (C=O) groups is 1. The standard InChI is InChI=1S/C15H16O4/c1-4-11-5-10-6-12(18-8-9(2)3)7-13(15(16)17)14(10)19-11/h5-7H,2,4,8H2,1,3H3,(H,16,17). The van der Waals surface area contributed by atoms with Gasteiger partial charge in [0.2, 0.25) is 0 Å². The Balaban J connectivity index is 2.50. The van der Waals surface area contributed by atoms with Gasteiger partial charge in [0, 0.05) is 11.8 Å².